The summed E-state index contributed by atoms with van der Waals surface area (Å²) in [5, 5.41) is 3.56. The second-order valence-electron chi connectivity index (χ2n) is 4.28. The highest BCUT2D eigenvalue weighted by Crippen LogP contribution is 2.16. The van der Waals surface area contributed by atoms with Crippen molar-refractivity contribution in [2.45, 2.75) is 32.4 Å². The van der Waals surface area contributed by atoms with E-state index in [2.05, 4.69) is 15.1 Å². The lowest BCUT2D eigenvalue weighted by Crippen LogP contribution is -2.31. The average Bonchev–Trinajstić information content (AvgIpc) is 2.85. The third-order valence-corrected chi connectivity index (χ3v) is 2.35. The fourth-order valence-electron chi connectivity index (χ4n) is 1.56. The van der Waals surface area contributed by atoms with Crippen molar-refractivity contribution in [1.82, 2.24) is 19.7 Å². The van der Waals surface area contributed by atoms with Crippen LogP contribution in [0.2, 0.25) is 0 Å². The van der Waals surface area contributed by atoms with Gasteiger partial charge in [-0.25, -0.2) is 4.98 Å². The van der Waals surface area contributed by atoms with Gasteiger partial charge in [0, 0.05) is 19.2 Å². The van der Waals surface area contributed by atoms with Crippen LogP contribution in [0.1, 0.15) is 25.4 Å². The van der Waals surface area contributed by atoms with Crippen molar-refractivity contribution in [1.29, 1.82) is 0 Å². The van der Waals surface area contributed by atoms with Gasteiger partial charge in [-0.1, -0.05) is 5.16 Å². The van der Waals surface area contributed by atoms with Crippen LogP contribution in [-0.4, -0.2) is 19.7 Å². The molecule has 2 aromatic heterocycles. The SMILES string of the molecule is CC(C)(N)c1cncn1CCc1ncno1. The Hall–Kier alpha value is -1.69. The molecule has 0 amide bonds. The highest BCUT2D eigenvalue weighted by atomic mass is 16.5. The number of nitrogens with zero attached hydrogens (tertiary/aromatic N) is 4. The van der Waals surface area contributed by atoms with E-state index in [4.69, 9.17) is 10.3 Å². The maximum atomic E-state index is 6.04. The lowest BCUT2D eigenvalue weighted by molar-refractivity contribution is 0.368. The summed E-state index contributed by atoms with van der Waals surface area (Å²) in [6.45, 7) is 4.64. The van der Waals surface area contributed by atoms with Crippen LogP contribution >= 0.6 is 0 Å². The molecular weight excluding hydrogens is 206 g/mol. The maximum Gasteiger partial charge on any atom is 0.228 e. The number of aromatic nitrogens is 4. The second-order valence-corrected chi connectivity index (χ2v) is 4.28. The zero-order valence-electron chi connectivity index (χ0n) is 9.42. The van der Waals surface area contributed by atoms with E-state index in [0.29, 0.717) is 12.3 Å². The summed E-state index contributed by atoms with van der Waals surface area (Å²) in [6.07, 6.45) is 5.63. The first-order valence-electron chi connectivity index (χ1n) is 5.12. The van der Waals surface area contributed by atoms with Gasteiger partial charge in [-0.15, -0.1) is 0 Å². The molecule has 86 valence electrons. The van der Waals surface area contributed by atoms with Gasteiger partial charge in [0.05, 0.1) is 17.6 Å². The molecule has 2 aromatic rings. The first-order chi connectivity index (χ1) is 7.57. The Morgan fingerprint density at radius 1 is 1.50 bits per heavy atom. The molecule has 16 heavy (non-hydrogen) atoms. The van der Waals surface area contributed by atoms with Gasteiger partial charge in [0.2, 0.25) is 5.89 Å². The van der Waals surface area contributed by atoms with Crippen molar-refractivity contribution >= 4 is 0 Å². The Morgan fingerprint density at radius 2 is 2.31 bits per heavy atom. The fraction of sp³-hybridized carbons (Fsp3) is 0.500. The lowest BCUT2D eigenvalue weighted by Gasteiger charge is -2.20. The molecule has 0 saturated heterocycles. The van der Waals surface area contributed by atoms with E-state index >= 15 is 0 Å². The molecule has 0 atom stereocenters. The standard InChI is InChI=1S/C10H15N5O/c1-10(2,11)8-5-12-7-15(8)4-3-9-13-6-14-16-9/h5-7H,3-4,11H2,1-2H3. The van der Waals surface area contributed by atoms with E-state index in [-0.39, 0.29) is 0 Å². The molecule has 2 heterocycles. The van der Waals surface area contributed by atoms with Gasteiger partial charge in [0.1, 0.15) is 0 Å². The van der Waals surface area contributed by atoms with Crippen molar-refractivity contribution in [2.24, 2.45) is 5.73 Å². The van der Waals surface area contributed by atoms with E-state index < -0.39 is 5.54 Å². The summed E-state index contributed by atoms with van der Waals surface area (Å²) >= 11 is 0. The normalized spacial score (nSPS) is 11.9. The molecule has 2 rings (SSSR count). The van der Waals surface area contributed by atoms with E-state index in [1.54, 1.807) is 12.5 Å². The first-order valence-corrected chi connectivity index (χ1v) is 5.12. The Kier molecular flexibility index (Phi) is 2.74. The van der Waals surface area contributed by atoms with E-state index in [1.165, 1.54) is 6.33 Å². The zero-order chi connectivity index (χ0) is 11.6. The Bertz CT molecular complexity index is 440. The minimum atomic E-state index is -0.397. The van der Waals surface area contributed by atoms with Crippen LogP contribution in [0.5, 0.6) is 0 Å². The summed E-state index contributed by atoms with van der Waals surface area (Å²) in [6, 6.07) is 0. The number of nitrogens with two attached hydrogens (primary N) is 1. The molecule has 0 radical (unpaired) electrons. The van der Waals surface area contributed by atoms with Crippen LogP contribution in [-0.2, 0) is 18.5 Å². The van der Waals surface area contributed by atoms with Crippen LogP contribution in [0.25, 0.3) is 0 Å². The number of hydrogen-bond acceptors (Lipinski definition) is 5. The number of aryl methyl sites for hydroxylation is 2. The smallest absolute Gasteiger partial charge is 0.228 e. The predicted molar refractivity (Wildman–Crippen MR) is 57.4 cm³/mol. The topological polar surface area (TPSA) is 82.8 Å². The van der Waals surface area contributed by atoms with Crippen molar-refractivity contribution in [2.75, 3.05) is 0 Å². The van der Waals surface area contributed by atoms with Gasteiger partial charge >= 0.3 is 0 Å². The molecule has 0 saturated carbocycles. The molecule has 6 nitrogen and oxygen atoms in total. The summed E-state index contributed by atoms with van der Waals surface area (Å²) in [5.41, 5.74) is 6.63. The van der Waals surface area contributed by atoms with Crippen molar-refractivity contribution in [3.63, 3.8) is 0 Å². The summed E-state index contributed by atoms with van der Waals surface area (Å²) < 4.78 is 6.94. The molecule has 0 unspecified atom stereocenters. The molecular formula is C10H15N5O. The average molecular weight is 221 g/mol. The van der Waals surface area contributed by atoms with Crippen LogP contribution in [0, 0.1) is 0 Å². The second kappa shape index (κ2) is 4.05. The predicted octanol–water partition coefficient (Wildman–Crippen LogP) is 0.703. The number of rotatable bonds is 4. The monoisotopic (exact) mass is 221 g/mol. The summed E-state index contributed by atoms with van der Waals surface area (Å²) in [5.74, 6) is 0.620. The molecule has 2 N–H and O–H groups in total. The van der Waals surface area contributed by atoms with Gasteiger partial charge in [0.15, 0.2) is 6.33 Å². The lowest BCUT2D eigenvalue weighted by atomic mass is 10.0. The van der Waals surface area contributed by atoms with Crippen LogP contribution in [0.3, 0.4) is 0 Å². The molecule has 0 fully saturated rings. The fourth-order valence-corrected chi connectivity index (χ4v) is 1.56. The zero-order valence-corrected chi connectivity index (χ0v) is 9.42. The Labute approximate surface area is 93.5 Å². The largest absolute Gasteiger partial charge is 0.340 e. The van der Waals surface area contributed by atoms with E-state index in [9.17, 15) is 0 Å². The van der Waals surface area contributed by atoms with Gasteiger partial charge in [-0.3, -0.25) is 0 Å². The quantitative estimate of drug-likeness (QED) is 0.821. The van der Waals surface area contributed by atoms with Gasteiger partial charge in [-0.05, 0) is 13.8 Å². The van der Waals surface area contributed by atoms with Crippen LogP contribution in [0.15, 0.2) is 23.4 Å². The van der Waals surface area contributed by atoms with Gasteiger partial charge < -0.3 is 14.8 Å². The van der Waals surface area contributed by atoms with Gasteiger partial charge in [0.25, 0.3) is 0 Å². The minimum absolute atomic E-state index is 0.397. The molecule has 0 aromatic carbocycles. The molecule has 0 bridgehead atoms. The summed E-state index contributed by atoms with van der Waals surface area (Å²) in [4.78, 5) is 8.07. The molecule has 0 aliphatic heterocycles. The Balaban J connectivity index is 2.08. The highest BCUT2D eigenvalue weighted by molar-refractivity contribution is 5.09. The van der Waals surface area contributed by atoms with E-state index in [1.807, 2.05) is 18.4 Å². The number of imidazole rings is 1. The summed E-state index contributed by atoms with van der Waals surface area (Å²) in [7, 11) is 0. The van der Waals surface area contributed by atoms with Crippen molar-refractivity contribution in [3.8, 4) is 0 Å². The maximum absolute atomic E-state index is 6.04. The third-order valence-electron chi connectivity index (χ3n) is 2.35. The molecule has 0 aliphatic rings. The minimum Gasteiger partial charge on any atom is -0.340 e. The van der Waals surface area contributed by atoms with Gasteiger partial charge in [-0.2, -0.15) is 4.98 Å². The highest BCUT2D eigenvalue weighted by Gasteiger charge is 2.18. The number of hydrogen-bond donors (Lipinski definition) is 1. The first kappa shape index (κ1) is 10.8. The third kappa shape index (κ3) is 2.27. The van der Waals surface area contributed by atoms with Crippen LogP contribution < -0.4 is 5.73 Å². The van der Waals surface area contributed by atoms with Crippen LogP contribution in [0.4, 0.5) is 0 Å². The Morgan fingerprint density at radius 3 is 2.94 bits per heavy atom. The van der Waals surface area contributed by atoms with E-state index in [0.717, 1.165) is 12.2 Å². The molecule has 0 spiro atoms. The molecule has 6 heteroatoms. The van der Waals surface area contributed by atoms with Crippen molar-refractivity contribution in [3.05, 3.63) is 30.4 Å². The molecule has 0 aliphatic carbocycles. The van der Waals surface area contributed by atoms with Crippen molar-refractivity contribution < 1.29 is 4.52 Å².